The topological polar surface area (TPSA) is 66.5 Å². The molecule has 1 aliphatic rings. The molecular weight excluding hydrogens is 499 g/mol. The Balaban J connectivity index is 1.85. The molecular formula is C20H21BrCl2N2O3S. The van der Waals surface area contributed by atoms with E-state index < -0.39 is 15.9 Å². The van der Waals surface area contributed by atoms with Gasteiger partial charge in [0.2, 0.25) is 15.9 Å². The van der Waals surface area contributed by atoms with Crippen molar-refractivity contribution in [1.29, 1.82) is 0 Å². The van der Waals surface area contributed by atoms with Gasteiger partial charge in [0.05, 0.1) is 22.2 Å². The molecule has 156 valence electrons. The number of nitrogens with zero attached hydrogens (tertiary/aromatic N) is 1. The van der Waals surface area contributed by atoms with Crippen LogP contribution in [0.5, 0.6) is 0 Å². The predicted octanol–water partition coefficient (Wildman–Crippen LogP) is 5.72. The molecule has 9 heteroatoms. The number of amides is 1. The van der Waals surface area contributed by atoms with Crippen LogP contribution in [0.4, 0.5) is 5.69 Å². The third kappa shape index (κ3) is 5.73. The summed E-state index contributed by atoms with van der Waals surface area (Å²) in [4.78, 5) is 12.9. The Bertz CT molecular complexity index is 978. The Hall–Kier alpha value is -1.12. The van der Waals surface area contributed by atoms with Crippen molar-refractivity contribution in [2.24, 2.45) is 0 Å². The first-order chi connectivity index (χ1) is 13.8. The minimum atomic E-state index is -3.82. The molecule has 1 amide bonds. The molecule has 0 unspecified atom stereocenters. The number of hydrogen-bond acceptors (Lipinski definition) is 3. The number of carbonyl (C=O) groups excluding carboxylic acids is 1. The lowest BCUT2D eigenvalue weighted by atomic mass is 9.95. The zero-order valence-electron chi connectivity index (χ0n) is 15.6. The molecule has 0 radical (unpaired) electrons. The summed E-state index contributed by atoms with van der Waals surface area (Å²) in [5.41, 5.74) is 0.394. The van der Waals surface area contributed by atoms with E-state index in [1.54, 1.807) is 36.4 Å². The van der Waals surface area contributed by atoms with E-state index in [1.807, 2.05) is 0 Å². The summed E-state index contributed by atoms with van der Waals surface area (Å²) in [6.07, 6.45) is 4.45. The van der Waals surface area contributed by atoms with Gasteiger partial charge in [0, 0.05) is 15.5 Å². The van der Waals surface area contributed by atoms with Gasteiger partial charge in [0.25, 0.3) is 0 Å². The molecule has 0 bridgehead atoms. The van der Waals surface area contributed by atoms with E-state index in [4.69, 9.17) is 23.2 Å². The quantitative estimate of drug-likeness (QED) is 0.530. The molecule has 0 aliphatic heterocycles. The SMILES string of the molecule is O=C(CN(C1CCCCC1)S(=O)(=O)c1ccc(Br)cc1)Nc1ccc(Cl)cc1Cl. The minimum Gasteiger partial charge on any atom is -0.324 e. The van der Waals surface area contributed by atoms with E-state index >= 15 is 0 Å². The molecule has 29 heavy (non-hydrogen) atoms. The van der Waals surface area contributed by atoms with E-state index in [2.05, 4.69) is 21.2 Å². The van der Waals surface area contributed by atoms with Crippen molar-refractivity contribution >= 4 is 60.7 Å². The highest BCUT2D eigenvalue weighted by atomic mass is 79.9. The Morgan fingerprint density at radius 2 is 1.72 bits per heavy atom. The largest absolute Gasteiger partial charge is 0.324 e. The lowest BCUT2D eigenvalue weighted by Crippen LogP contribution is -2.45. The first-order valence-corrected chi connectivity index (χ1v) is 12.3. The highest BCUT2D eigenvalue weighted by Gasteiger charge is 2.34. The number of nitrogens with one attached hydrogen (secondary N) is 1. The van der Waals surface area contributed by atoms with Gasteiger partial charge in [0.15, 0.2) is 0 Å². The summed E-state index contributed by atoms with van der Waals surface area (Å²) >= 11 is 15.3. The molecule has 0 aromatic heterocycles. The fourth-order valence-corrected chi connectivity index (χ4v) is 5.80. The fraction of sp³-hybridized carbons (Fsp3) is 0.350. The summed E-state index contributed by atoms with van der Waals surface area (Å²) in [5.74, 6) is -0.444. The first kappa shape index (κ1) is 22.6. The maximum atomic E-state index is 13.3. The van der Waals surface area contributed by atoms with Crippen LogP contribution in [0.15, 0.2) is 51.8 Å². The van der Waals surface area contributed by atoms with Crippen molar-refractivity contribution in [3.05, 3.63) is 57.0 Å². The van der Waals surface area contributed by atoms with E-state index in [0.29, 0.717) is 15.7 Å². The number of anilines is 1. The normalized spacial score (nSPS) is 15.4. The molecule has 0 spiro atoms. The fourth-order valence-electron chi connectivity index (χ4n) is 3.44. The monoisotopic (exact) mass is 518 g/mol. The van der Waals surface area contributed by atoms with Gasteiger partial charge in [-0.3, -0.25) is 4.79 Å². The maximum Gasteiger partial charge on any atom is 0.243 e. The molecule has 0 atom stereocenters. The van der Waals surface area contributed by atoms with Gasteiger partial charge in [-0.05, 0) is 55.3 Å². The third-order valence-electron chi connectivity index (χ3n) is 4.91. The standard InChI is InChI=1S/C20H21BrCl2N2O3S/c21-14-6-9-17(10-7-14)29(27,28)25(16-4-2-1-3-5-16)13-20(26)24-19-11-8-15(22)12-18(19)23/h6-12,16H,1-5,13H2,(H,24,26). The zero-order chi connectivity index (χ0) is 21.0. The van der Waals surface area contributed by atoms with Crippen LogP contribution in [0.25, 0.3) is 0 Å². The van der Waals surface area contributed by atoms with Crippen LogP contribution in [0, 0.1) is 0 Å². The average Bonchev–Trinajstić information content (AvgIpc) is 2.69. The summed E-state index contributed by atoms with van der Waals surface area (Å²) in [6.45, 7) is -0.276. The van der Waals surface area contributed by atoms with Crippen molar-refractivity contribution in [2.75, 3.05) is 11.9 Å². The van der Waals surface area contributed by atoms with E-state index in [-0.39, 0.29) is 17.5 Å². The van der Waals surface area contributed by atoms with Gasteiger partial charge in [0.1, 0.15) is 0 Å². The molecule has 2 aromatic rings. The highest BCUT2D eigenvalue weighted by molar-refractivity contribution is 9.10. The molecule has 2 aromatic carbocycles. The summed E-state index contributed by atoms with van der Waals surface area (Å²) in [6, 6.07) is 11.0. The van der Waals surface area contributed by atoms with Gasteiger partial charge in [-0.2, -0.15) is 4.31 Å². The molecule has 1 saturated carbocycles. The van der Waals surface area contributed by atoms with E-state index in [1.165, 1.54) is 10.4 Å². The van der Waals surface area contributed by atoms with Crippen molar-refractivity contribution in [1.82, 2.24) is 4.31 Å². The number of rotatable bonds is 6. The third-order valence-corrected chi connectivity index (χ3v) is 7.90. The van der Waals surface area contributed by atoms with Crippen LogP contribution in [0.3, 0.4) is 0 Å². The first-order valence-electron chi connectivity index (χ1n) is 9.29. The van der Waals surface area contributed by atoms with Crippen LogP contribution in [-0.2, 0) is 14.8 Å². The Morgan fingerprint density at radius 3 is 2.34 bits per heavy atom. The summed E-state index contributed by atoms with van der Waals surface area (Å²) < 4.78 is 28.8. The van der Waals surface area contributed by atoms with Gasteiger partial charge >= 0.3 is 0 Å². The lowest BCUT2D eigenvalue weighted by Gasteiger charge is -2.33. The molecule has 1 N–H and O–H groups in total. The van der Waals surface area contributed by atoms with Crippen LogP contribution in [0.1, 0.15) is 32.1 Å². The van der Waals surface area contributed by atoms with E-state index in [0.717, 1.165) is 36.6 Å². The van der Waals surface area contributed by atoms with Crippen LogP contribution in [-0.4, -0.2) is 31.2 Å². The molecule has 1 fully saturated rings. The maximum absolute atomic E-state index is 13.3. The zero-order valence-corrected chi connectivity index (χ0v) is 19.5. The Labute approximate surface area is 189 Å². The second kappa shape index (κ2) is 9.79. The molecule has 1 aliphatic carbocycles. The van der Waals surface area contributed by atoms with Crippen LogP contribution < -0.4 is 5.32 Å². The Kier molecular flexibility index (Phi) is 7.62. The number of halogens is 3. The smallest absolute Gasteiger partial charge is 0.243 e. The van der Waals surface area contributed by atoms with Crippen molar-refractivity contribution in [2.45, 2.75) is 43.0 Å². The second-order valence-corrected chi connectivity index (χ2v) is 10.6. The molecule has 5 nitrogen and oxygen atoms in total. The summed E-state index contributed by atoms with van der Waals surface area (Å²) in [5, 5.41) is 3.45. The van der Waals surface area contributed by atoms with Crippen molar-refractivity contribution < 1.29 is 13.2 Å². The Morgan fingerprint density at radius 1 is 1.07 bits per heavy atom. The van der Waals surface area contributed by atoms with Crippen molar-refractivity contribution in [3.63, 3.8) is 0 Å². The number of benzene rings is 2. The van der Waals surface area contributed by atoms with Crippen LogP contribution >= 0.6 is 39.1 Å². The van der Waals surface area contributed by atoms with Gasteiger partial charge in [-0.1, -0.05) is 58.4 Å². The predicted molar refractivity (Wildman–Crippen MR) is 120 cm³/mol. The van der Waals surface area contributed by atoms with Gasteiger partial charge in [-0.25, -0.2) is 8.42 Å². The minimum absolute atomic E-state index is 0.170. The molecule has 0 saturated heterocycles. The second-order valence-electron chi connectivity index (χ2n) is 6.97. The van der Waals surface area contributed by atoms with Gasteiger partial charge < -0.3 is 5.32 Å². The van der Waals surface area contributed by atoms with E-state index in [9.17, 15) is 13.2 Å². The molecule has 3 rings (SSSR count). The number of sulfonamides is 1. The van der Waals surface area contributed by atoms with Crippen LogP contribution in [0.2, 0.25) is 10.0 Å². The van der Waals surface area contributed by atoms with Crippen molar-refractivity contribution in [3.8, 4) is 0 Å². The summed E-state index contributed by atoms with van der Waals surface area (Å²) in [7, 11) is -3.82. The highest BCUT2D eigenvalue weighted by Crippen LogP contribution is 2.29. The number of carbonyl (C=O) groups is 1. The number of hydrogen-bond donors (Lipinski definition) is 1. The molecule has 0 heterocycles. The van der Waals surface area contributed by atoms with Gasteiger partial charge in [-0.15, -0.1) is 0 Å². The lowest BCUT2D eigenvalue weighted by molar-refractivity contribution is -0.116. The average molecular weight is 520 g/mol.